The van der Waals surface area contributed by atoms with Crippen LogP contribution in [-0.2, 0) is 6.54 Å². The Morgan fingerprint density at radius 1 is 0.864 bits per heavy atom. The van der Waals surface area contributed by atoms with Crippen LogP contribution in [0.3, 0.4) is 0 Å². The van der Waals surface area contributed by atoms with Gasteiger partial charge in [-0.25, -0.2) is 0 Å². The van der Waals surface area contributed by atoms with E-state index in [1.165, 1.54) is 0 Å². The van der Waals surface area contributed by atoms with Crippen LogP contribution in [0.5, 0.6) is 17.2 Å². The van der Waals surface area contributed by atoms with E-state index in [1.54, 1.807) is 39.5 Å². The molecule has 0 aliphatic carbocycles. The number of hydrogen-bond donors (Lipinski definition) is 1. The molecule has 0 spiro atoms. The minimum Gasteiger partial charge on any atom is -0.493 e. The number of halogens is 2. The summed E-state index contributed by atoms with van der Waals surface area (Å²) in [6.45, 7) is 0.528. The summed E-state index contributed by atoms with van der Waals surface area (Å²) in [7, 11) is 4.76. The maximum atomic E-state index is 5.99. The summed E-state index contributed by atoms with van der Waals surface area (Å²) in [5.74, 6) is 1.81. The Kier molecular flexibility index (Phi) is 5.63. The fourth-order valence-corrected chi connectivity index (χ4v) is 2.68. The Hall–Kier alpha value is -1.78. The van der Waals surface area contributed by atoms with Gasteiger partial charge in [0.15, 0.2) is 11.5 Å². The summed E-state index contributed by atoms with van der Waals surface area (Å²) in [5, 5.41) is 4.42. The van der Waals surface area contributed by atoms with Gasteiger partial charge in [-0.1, -0.05) is 23.2 Å². The van der Waals surface area contributed by atoms with Gasteiger partial charge in [0.1, 0.15) is 0 Å². The number of rotatable bonds is 6. The lowest BCUT2D eigenvalue weighted by atomic mass is 10.1. The van der Waals surface area contributed by atoms with Gasteiger partial charge in [0.25, 0.3) is 0 Å². The summed E-state index contributed by atoms with van der Waals surface area (Å²) in [6, 6.07) is 9.05. The number of benzene rings is 2. The highest BCUT2D eigenvalue weighted by Crippen LogP contribution is 2.40. The monoisotopic (exact) mass is 341 g/mol. The normalized spacial score (nSPS) is 10.2. The minimum atomic E-state index is 0.528. The van der Waals surface area contributed by atoms with Crippen molar-refractivity contribution in [1.29, 1.82) is 0 Å². The number of ether oxygens (including phenoxy) is 3. The van der Waals surface area contributed by atoms with Crippen LogP contribution in [0.2, 0.25) is 10.0 Å². The Balaban J connectivity index is 2.25. The summed E-state index contributed by atoms with van der Waals surface area (Å²) < 4.78 is 16.1. The largest absolute Gasteiger partial charge is 0.493 e. The molecule has 0 atom stereocenters. The number of nitrogens with one attached hydrogen (secondary N) is 1. The quantitative estimate of drug-likeness (QED) is 0.831. The van der Waals surface area contributed by atoms with E-state index in [2.05, 4.69) is 5.32 Å². The van der Waals surface area contributed by atoms with Crippen molar-refractivity contribution >= 4 is 28.9 Å². The zero-order valence-electron chi connectivity index (χ0n) is 12.6. The first-order valence-electron chi connectivity index (χ1n) is 6.56. The molecule has 0 aromatic heterocycles. The van der Waals surface area contributed by atoms with Gasteiger partial charge in [0, 0.05) is 27.8 Å². The Morgan fingerprint density at radius 3 is 2.05 bits per heavy atom. The van der Waals surface area contributed by atoms with Crippen molar-refractivity contribution in [2.45, 2.75) is 6.54 Å². The van der Waals surface area contributed by atoms with Crippen molar-refractivity contribution in [2.24, 2.45) is 0 Å². The second-order valence-electron chi connectivity index (χ2n) is 4.51. The molecule has 22 heavy (non-hydrogen) atoms. The summed E-state index contributed by atoms with van der Waals surface area (Å²) in [5.41, 5.74) is 1.76. The van der Waals surface area contributed by atoms with Crippen LogP contribution >= 0.6 is 23.2 Å². The van der Waals surface area contributed by atoms with E-state index in [0.29, 0.717) is 33.8 Å². The summed E-state index contributed by atoms with van der Waals surface area (Å²) in [4.78, 5) is 0. The van der Waals surface area contributed by atoms with E-state index < -0.39 is 0 Å². The lowest BCUT2D eigenvalue weighted by Crippen LogP contribution is -2.04. The predicted molar refractivity (Wildman–Crippen MR) is 89.9 cm³/mol. The average molecular weight is 342 g/mol. The van der Waals surface area contributed by atoms with Gasteiger partial charge in [0.05, 0.1) is 21.3 Å². The Labute approximate surface area is 139 Å². The van der Waals surface area contributed by atoms with Gasteiger partial charge in [0.2, 0.25) is 5.75 Å². The molecule has 118 valence electrons. The fourth-order valence-electron chi connectivity index (χ4n) is 2.16. The molecule has 0 unspecified atom stereocenters. The molecule has 0 heterocycles. The molecule has 0 radical (unpaired) electrons. The zero-order chi connectivity index (χ0) is 16.1. The highest BCUT2D eigenvalue weighted by Gasteiger charge is 2.15. The van der Waals surface area contributed by atoms with Gasteiger partial charge >= 0.3 is 0 Å². The van der Waals surface area contributed by atoms with Crippen molar-refractivity contribution in [3.05, 3.63) is 45.9 Å². The molecule has 4 nitrogen and oxygen atoms in total. The van der Waals surface area contributed by atoms with Gasteiger partial charge < -0.3 is 19.5 Å². The van der Waals surface area contributed by atoms with Crippen molar-refractivity contribution < 1.29 is 14.2 Å². The first kappa shape index (κ1) is 16.6. The lowest BCUT2D eigenvalue weighted by Gasteiger charge is -2.16. The molecular weight excluding hydrogens is 325 g/mol. The van der Waals surface area contributed by atoms with Crippen LogP contribution < -0.4 is 19.5 Å². The molecule has 0 aliphatic rings. The van der Waals surface area contributed by atoms with Gasteiger partial charge in [-0.05, 0) is 30.3 Å². The Morgan fingerprint density at radius 2 is 1.50 bits per heavy atom. The standard InChI is InChI=1S/C16H17Cl2NO3/c1-20-14-5-4-10(15(21-2)16(14)22-3)9-19-13-7-11(17)6-12(18)8-13/h4-8,19H,9H2,1-3H3. The number of hydrogen-bond acceptors (Lipinski definition) is 4. The maximum absolute atomic E-state index is 5.99. The van der Waals surface area contributed by atoms with Gasteiger partial charge in [-0.2, -0.15) is 0 Å². The van der Waals surface area contributed by atoms with Gasteiger partial charge in [-0.15, -0.1) is 0 Å². The van der Waals surface area contributed by atoms with E-state index in [0.717, 1.165) is 11.3 Å². The summed E-state index contributed by atoms with van der Waals surface area (Å²) in [6.07, 6.45) is 0. The Bertz CT molecular complexity index is 642. The second kappa shape index (κ2) is 7.47. The molecule has 1 N–H and O–H groups in total. The van der Waals surface area contributed by atoms with Crippen molar-refractivity contribution in [3.8, 4) is 17.2 Å². The molecule has 0 fully saturated rings. The first-order valence-corrected chi connectivity index (χ1v) is 7.32. The van der Waals surface area contributed by atoms with E-state index in [9.17, 15) is 0 Å². The highest BCUT2D eigenvalue weighted by molar-refractivity contribution is 6.35. The van der Waals surface area contributed by atoms with E-state index in [4.69, 9.17) is 37.4 Å². The lowest BCUT2D eigenvalue weighted by molar-refractivity contribution is 0.322. The smallest absolute Gasteiger partial charge is 0.203 e. The molecule has 6 heteroatoms. The van der Waals surface area contributed by atoms with E-state index in [-0.39, 0.29) is 0 Å². The minimum absolute atomic E-state index is 0.528. The van der Waals surface area contributed by atoms with Gasteiger partial charge in [-0.3, -0.25) is 0 Å². The molecule has 0 aliphatic heterocycles. The molecule has 2 rings (SSSR count). The molecule has 0 bridgehead atoms. The number of anilines is 1. The van der Waals surface area contributed by atoms with Crippen LogP contribution in [0.1, 0.15) is 5.56 Å². The fraction of sp³-hybridized carbons (Fsp3) is 0.250. The molecule has 0 saturated carbocycles. The molecule has 2 aromatic rings. The molecule has 0 saturated heterocycles. The third-order valence-corrected chi connectivity index (χ3v) is 3.57. The van der Waals surface area contributed by atoms with Crippen LogP contribution in [0.25, 0.3) is 0 Å². The second-order valence-corrected chi connectivity index (χ2v) is 5.38. The molecular formula is C16H17Cl2NO3. The van der Waals surface area contributed by atoms with Crippen molar-refractivity contribution in [2.75, 3.05) is 26.6 Å². The maximum Gasteiger partial charge on any atom is 0.203 e. The molecule has 0 amide bonds. The average Bonchev–Trinajstić information content (AvgIpc) is 2.50. The van der Waals surface area contributed by atoms with Crippen LogP contribution in [-0.4, -0.2) is 21.3 Å². The number of methoxy groups -OCH3 is 3. The summed E-state index contributed by atoms with van der Waals surface area (Å²) >= 11 is 12.0. The topological polar surface area (TPSA) is 39.7 Å². The first-order chi connectivity index (χ1) is 10.6. The van der Waals surface area contributed by atoms with Crippen LogP contribution in [0.15, 0.2) is 30.3 Å². The highest BCUT2D eigenvalue weighted by atomic mass is 35.5. The third-order valence-electron chi connectivity index (χ3n) is 3.13. The van der Waals surface area contributed by atoms with E-state index >= 15 is 0 Å². The van der Waals surface area contributed by atoms with E-state index in [1.807, 2.05) is 12.1 Å². The van der Waals surface area contributed by atoms with Crippen LogP contribution in [0, 0.1) is 0 Å². The zero-order valence-corrected chi connectivity index (χ0v) is 14.1. The molecule has 2 aromatic carbocycles. The predicted octanol–water partition coefficient (Wildman–Crippen LogP) is 4.63. The van der Waals surface area contributed by atoms with Crippen molar-refractivity contribution in [3.63, 3.8) is 0 Å². The SMILES string of the molecule is COc1ccc(CNc2cc(Cl)cc(Cl)c2)c(OC)c1OC. The van der Waals surface area contributed by atoms with Crippen molar-refractivity contribution in [1.82, 2.24) is 0 Å². The van der Waals surface area contributed by atoms with Crippen LogP contribution in [0.4, 0.5) is 5.69 Å². The third kappa shape index (κ3) is 3.70.